The number of nitrogens with one attached hydrogen (secondary N) is 1. The summed E-state index contributed by atoms with van der Waals surface area (Å²) in [5, 5.41) is 3.57. The number of benzene rings is 1. The van der Waals surface area contributed by atoms with Gasteiger partial charge in [-0.2, -0.15) is 0 Å². The number of hydrogen-bond acceptors (Lipinski definition) is 5. The van der Waals surface area contributed by atoms with Gasteiger partial charge in [0, 0.05) is 31.0 Å². The molecular formula is C27H37N5O2. The number of anilines is 1. The quantitative estimate of drug-likeness (QED) is 0.544. The van der Waals surface area contributed by atoms with E-state index in [0.29, 0.717) is 5.92 Å². The van der Waals surface area contributed by atoms with Crippen LogP contribution in [0.2, 0.25) is 0 Å². The Bertz CT molecular complexity index is 1150. The number of aromatic nitrogens is 3. The molecule has 1 aromatic carbocycles. The smallest absolute Gasteiger partial charge is 0.410 e. The third kappa shape index (κ3) is 5.69. The van der Waals surface area contributed by atoms with Gasteiger partial charge in [0.1, 0.15) is 16.9 Å². The number of imidazole rings is 1. The van der Waals surface area contributed by atoms with Gasteiger partial charge in [-0.3, -0.25) is 0 Å². The van der Waals surface area contributed by atoms with Crippen LogP contribution < -0.4 is 5.32 Å². The monoisotopic (exact) mass is 463 g/mol. The van der Waals surface area contributed by atoms with Crippen LogP contribution in [0.3, 0.4) is 0 Å². The summed E-state index contributed by atoms with van der Waals surface area (Å²) in [5.41, 5.74) is 6.02. The van der Waals surface area contributed by atoms with Crippen LogP contribution in [0.4, 0.5) is 10.5 Å². The molecule has 4 rings (SSSR count). The number of aryl methyl sites for hydroxylation is 3. The minimum atomic E-state index is -0.445. The van der Waals surface area contributed by atoms with Crippen molar-refractivity contribution < 1.29 is 9.53 Å². The number of ether oxygens (including phenoxy) is 1. The molecule has 1 aliphatic heterocycles. The molecule has 34 heavy (non-hydrogen) atoms. The second kappa shape index (κ2) is 9.65. The standard InChI is InChI=1S/C27H37N5O2/c1-18-15-19(2)29-25-24(18)30-20(3)32(25)17-22-7-9-23(10-8-22)28-16-21-11-13-31(14-12-21)26(33)34-27(4,5)6/h7-10,15,21,28H,11-14,16-17H2,1-6H3. The highest BCUT2D eigenvalue weighted by Crippen LogP contribution is 2.23. The molecule has 0 unspecified atom stereocenters. The lowest BCUT2D eigenvalue weighted by molar-refractivity contribution is 0.0188. The first-order chi connectivity index (χ1) is 16.1. The van der Waals surface area contributed by atoms with Crippen molar-refractivity contribution in [3.05, 3.63) is 53.0 Å². The van der Waals surface area contributed by atoms with Gasteiger partial charge < -0.3 is 19.5 Å². The Balaban J connectivity index is 1.30. The van der Waals surface area contributed by atoms with Crippen molar-refractivity contribution in [3.8, 4) is 0 Å². The number of rotatable bonds is 5. The summed E-state index contributed by atoms with van der Waals surface area (Å²) in [6.07, 6.45) is 1.78. The summed E-state index contributed by atoms with van der Waals surface area (Å²) in [7, 11) is 0. The first-order valence-corrected chi connectivity index (χ1v) is 12.2. The molecular weight excluding hydrogens is 426 g/mol. The number of amides is 1. The van der Waals surface area contributed by atoms with Crippen molar-refractivity contribution in [2.75, 3.05) is 25.0 Å². The minimum absolute atomic E-state index is 0.198. The number of pyridine rings is 1. The van der Waals surface area contributed by atoms with E-state index in [1.54, 1.807) is 0 Å². The number of carbonyl (C=O) groups excluding carboxylic acids is 1. The fraction of sp³-hybridized carbons (Fsp3) is 0.519. The van der Waals surface area contributed by atoms with Gasteiger partial charge in [0.05, 0.1) is 6.54 Å². The molecule has 0 atom stereocenters. The second-order valence-electron chi connectivity index (χ2n) is 10.5. The Morgan fingerprint density at radius 3 is 2.41 bits per heavy atom. The van der Waals surface area contributed by atoms with Gasteiger partial charge in [-0.05, 0) is 89.6 Å². The number of likely N-dealkylation sites (tertiary alicyclic amines) is 1. The maximum absolute atomic E-state index is 12.3. The molecule has 7 heteroatoms. The molecule has 1 fully saturated rings. The van der Waals surface area contributed by atoms with Crippen LogP contribution in [-0.4, -0.2) is 50.8 Å². The highest BCUT2D eigenvalue weighted by atomic mass is 16.6. The molecule has 1 aliphatic rings. The zero-order valence-corrected chi connectivity index (χ0v) is 21.3. The lowest BCUT2D eigenvalue weighted by Crippen LogP contribution is -2.42. The molecule has 0 spiro atoms. The highest BCUT2D eigenvalue weighted by molar-refractivity contribution is 5.76. The van der Waals surface area contributed by atoms with Crippen molar-refractivity contribution in [3.63, 3.8) is 0 Å². The molecule has 0 aliphatic carbocycles. The van der Waals surface area contributed by atoms with Crippen molar-refractivity contribution in [2.24, 2.45) is 5.92 Å². The van der Waals surface area contributed by atoms with Gasteiger partial charge >= 0.3 is 6.09 Å². The van der Waals surface area contributed by atoms with Crippen LogP contribution in [0.25, 0.3) is 11.2 Å². The first-order valence-electron chi connectivity index (χ1n) is 12.2. The first kappa shape index (κ1) is 24.0. The van der Waals surface area contributed by atoms with Crippen LogP contribution >= 0.6 is 0 Å². The van der Waals surface area contributed by atoms with E-state index < -0.39 is 5.60 Å². The molecule has 182 valence electrons. The van der Waals surface area contributed by atoms with Crippen molar-refractivity contribution >= 4 is 22.9 Å². The average molecular weight is 464 g/mol. The summed E-state index contributed by atoms with van der Waals surface area (Å²) >= 11 is 0. The van der Waals surface area contributed by atoms with Gasteiger partial charge in [-0.25, -0.2) is 14.8 Å². The molecule has 7 nitrogen and oxygen atoms in total. The predicted molar refractivity (Wildman–Crippen MR) is 136 cm³/mol. The highest BCUT2D eigenvalue weighted by Gasteiger charge is 2.26. The summed E-state index contributed by atoms with van der Waals surface area (Å²) in [6, 6.07) is 10.7. The van der Waals surface area contributed by atoms with Crippen LogP contribution in [0.5, 0.6) is 0 Å². The van der Waals surface area contributed by atoms with E-state index in [0.717, 1.165) is 67.4 Å². The average Bonchev–Trinajstić information content (AvgIpc) is 3.08. The molecule has 0 radical (unpaired) electrons. The molecule has 2 aromatic heterocycles. The van der Waals surface area contributed by atoms with Gasteiger partial charge in [0.2, 0.25) is 0 Å². The molecule has 0 saturated carbocycles. The van der Waals surface area contributed by atoms with E-state index in [9.17, 15) is 4.79 Å². The van der Waals surface area contributed by atoms with Gasteiger partial charge in [0.15, 0.2) is 5.65 Å². The number of fused-ring (bicyclic) bond motifs is 1. The Labute approximate surface area is 202 Å². The number of piperidine rings is 1. The van der Waals surface area contributed by atoms with E-state index in [1.807, 2.05) is 39.5 Å². The predicted octanol–water partition coefficient (Wildman–Crippen LogP) is 5.46. The zero-order chi connectivity index (χ0) is 24.5. The zero-order valence-electron chi connectivity index (χ0n) is 21.3. The van der Waals surface area contributed by atoms with E-state index in [-0.39, 0.29) is 6.09 Å². The molecule has 3 heterocycles. The van der Waals surface area contributed by atoms with Gasteiger partial charge in [0.25, 0.3) is 0 Å². The largest absolute Gasteiger partial charge is 0.444 e. The summed E-state index contributed by atoms with van der Waals surface area (Å²) in [5.74, 6) is 1.53. The van der Waals surface area contributed by atoms with E-state index in [1.165, 1.54) is 11.1 Å². The van der Waals surface area contributed by atoms with Crippen LogP contribution in [0, 0.1) is 26.7 Å². The lowest BCUT2D eigenvalue weighted by Gasteiger charge is -2.33. The van der Waals surface area contributed by atoms with Crippen LogP contribution in [0.15, 0.2) is 30.3 Å². The molecule has 1 amide bonds. The fourth-order valence-corrected chi connectivity index (χ4v) is 4.52. The number of carbonyl (C=O) groups is 1. The Kier molecular flexibility index (Phi) is 6.82. The molecule has 1 saturated heterocycles. The number of nitrogens with zero attached hydrogens (tertiary/aromatic N) is 4. The molecule has 0 bridgehead atoms. The second-order valence-corrected chi connectivity index (χ2v) is 10.5. The van der Waals surface area contributed by atoms with E-state index in [4.69, 9.17) is 14.7 Å². The van der Waals surface area contributed by atoms with Crippen molar-refractivity contribution in [1.29, 1.82) is 0 Å². The Morgan fingerprint density at radius 1 is 1.09 bits per heavy atom. The maximum atomic E-state index is 12.3. The summed E-state index contributed by atoms with van der Waals surface area (Å²) < 4.78 is 7.69. The van der Waals surface area contributed by atoms with E-state index >= 15 is 0 Å². The minimum Gasteiger partial charge on any atom is -0.444 e. The Morgan fingerprint density at radius 2 is 1.76 bits per heavy atom. The summed E-state index contributed by atoms with van der Waals surface area (Å²) in [6.45, 7) is 15.1. The van der Waals surface area contributed by atoms with Crippen molar-refractivity contribution in [2.45, 2.75) is 66.5 Å². The summed E-state index contributed by atoms with van der Waals surface area (Å²) in [4.78, 5) is 23.6. The molecule has 1 N–H and O–H groups in total. The third-order valence-corrected chi connectivity index (χ3v) is 6.37. The molecule has 3 aromatic rings. The van der Waals surface area contributed by atoms with Crippen molar-refractivity contribution in [1.82, 2.24) is 19.4 Å². The third-order valence-electron chi connectivity index (χ3n) is 6.37. The van der Waals surface area contributed by atoms with Crippen LogP contribution in [0.1, 0.15) is 56.3 Å². The fourth-order valence-electron chi connectivity index (χ4n) is 4.52. The van der Waals surface area contributed by atoms with Crippen LogP contribution in [-0.2, 0) is 11.3 Å². The Hall–Kier alpha value is -3.09. The number of hydrogen-bond donors (Lipinski definition) is 1. The van der Waals surface area contributed by atoms with Gasteiger partial charge in [-0.1, -0.05) is 12.1 Å². The van der Waals surface area contributed by atoms with E-state index in [2.05, 4.69) is 47.1 Å². The maximum Gasteiger partial charge on any atom is 0.410 e. The SMILES string of the molecule is Cc1cc(C)c2nc(C)n(Cc3ccc(NCC4CCN(C(=O)OC(C)(C)C)CC4)cc3)c2n1. The van der Waals surface area contributed by atoms with Gasteiger partial charge in [-0.15, -0.1) is 0 Å². The normalized spacial score (nSPS) is 15.1. The topological polar surface area (TPSA) is 72.3 Å². The lowest BCUT2D eigenvalue weighted by atomic mass is 9.97.